The largest absolute Gasteiger partial charge is 0.392 e. The predicted molar refractivity (Wildman–Crippen MR) is 53.7 cm³/mol. The number of hydrogen-bond acceptors (Lipinski definition) is 2. The van der Waals surface area contributed by atoms with Crippen LogP contribution in [0, 0.1) is 16.7 Å². The number of hydrogen-bond donors (Lipinski definition) is 2. The average Bonchev–Trinajstić information content (AvgIpc) is 2.45. The minimum absolute atomic E-state index is 0.212. The van der Waals surface area contributed by atoms with Crippen LogP contribution in [0.5, 0.6) is 0 Å². The van der Waals surface area contributed by atoms with Crippen LogP contribution in [0.3, 0.4) is 0 Å². The molecule has 3 fully saturated rings. The molecule has 3 saturated carbocycles. The van der Waals surface area contributed by atoms with E-state index in [1.807, 2.05) is 0 Å². The second-order valence-electron chi connectivity index (χ2n) is 6.31. The molecule has 0 heterocycles. The molecule has 5 atom stereocenters. The monoisotopic (exact) mass is 196 g/mol. The summed E-state index contributed by atoms with van der Waals surface area (Å²) in [5.41, 5.74) is -0.558. The van der Waals surface area contributed by atoms with E-state index in [-0.39, 0.29) is 16.9 Å². The fourth-order valence-corrected chi connectivity index (χ4v) is 4.70. The normalized spacial score (nSPS) is 66.0. The van der Waals surface area contributed by atoms with E-state index in [4.69, 9.17) is 0 Å². The Labute approximate surface area is 85.3 Å². The van der Waals surface area contributed by atoms with Gasteiger partial charge in [-0.25, -0.2) is 0 Å². The first-order valence-corrected chi connectivity index (χ1v) is 5.83. The van der Waals surface area contributed by atoms with E-state index < -0.39 is 5.60 Å². The standard InChI is InChI=1S/C12H20O2/c1-10-5-6-12(14)8(10)3-4-11(12,2)9(13)7-10/h8-9,13-14H,3-7H2,1-2H3/t8-,9+,10+,11+,12-/m0/s1. The van der Waals surface area contributed by atoms with Crippen molar-refractivity contribution in [1.82, 2.24) is 0 Å². The molecule has 80 valence electrons. The molecule has 2 N–H and O–H groups in total. The zero-order chi connectivity index (χ0) is 10.2. The van der Waals surface area contributed by atoms with Gasteiger partial charge in [0.15, 0.2) is 0 Å². The SMILES string of the molecule is C[C@]12CC[C@]3(O)[C@H]1CC[C@]3(C)[C@H](O)C2. The Kier molecular flexibility index (Phi) is 1.44. The van der Waals surface area contributed by atoms with E-state index in [1.165, 1.54) is 0 Å². The summed E-state index contributed by atoms with van der Waals surface area (Å²) in [6.07, 6.45) is 4.73. The van der Waals surface area contributed by atoms with Gasteiger partial charge in [0, 0.05) is 5.41 Å². The lowest BCUT2D eigenvalue weighted by molar-refractivity contribution is -0.167. The summed E-state index contributed by atoms with van der Waals surface area (Å²) in [6, 6.07) is 0. The van der Waals surface area contributed by atoms with Gasteiger partial charge in [-0.05, 0) is 43.4 Å². The molecule has 0 spiro atoms. The molecule has 0 amide bonds. The molecule has 0 unspecified atom stereocenters. The maximum absolute atomic E-state index is 10.8. The van der Waals surface area contributed by atoms with Gasteiger partial charge >= 0.3 is 0 Å². The minimum atomic E-state index is -0.556. The van der Waals surface area contributed by atoms with Gasteiger partial charge in [0.2, 0.25) is 0 Å². The van der Waals surface area contributed by atoms with E-state index in [1.54, 1.807) is 0 Å². The van der Waals surface area contributed by atoms with Crippen molar-refractivity contribution in [2.45, 2.75) is 57.7 Å². The van der Waals surface area contributed by atoms with Crippen molar-refractivity contribution in [2.75, 3.05) is 0 Å². The summed E-state index contributed by atoms with van der Waals surface area (Å²) >= 11 is 0. The van der Waals surface area contributed by atoms with Gasteiger partial charge in [-0.3, -0.25) is 0 Å². The highest BCUT2D eigenvalue weighted by atomic mass is 16.3. The van der Waals surface area contributed by atoms with Crippen molar-refractivity contribution in [1.29, 1.82) is 0 Å². The summed E-state index contributed by atoms with van der Waals surface area (Å²) in [5, 5.41) is 21.0. The Hall–Kier alpha value is -0.0800. The lowest BCUT2D eigenvalue weighted by Gasteiger charge is -2.50. The van der Waals surface area contributed by atoms with Crippen LogP contribution in [0.1, 0.15) is 46.0 Å². The van der Waals surface area contributed by atoms with Gasteiger partial charge in [-0.1, -0.05) is 13.8 Å². The third-order valence-corrected chi connectivity index (χ3v) is 5.83. The van der Waals surface area contributed by atoms with Gasteiger partial charge in [-0.15, -0.1) is 0 Å². The fourth-order valence-electron chi connectivity index (χ4n) is 4.70. The first kappa shape index (κ1) is 9.17. The third-order valence-electron chi connectivity index (χ3n) is 5.83. The zero-order valence-electron chi connectivity index (χ0n) is 9.08. The molecular weight excluding hydrogens is 176 g/mol. The molecule has 4 bridgehead atoms. The van der Waals surface area contributed by atoms with Crippen LogP contribution in [0.4, 0.5) is 0 Å². The smallest absolute Gasteiger partial charge is 0.0759 e. The van der Waals surface area contributed by atoms with E-state index in [2.05, 4.69) is 13.8 Å². The van der Waals surface area contributed by atoms with Gasteiger partial charge in [0.1, 0.15) is 0 Å². The molecule has 3 rings (SSSR count). The molecule has 3 aliphatic rings. The summed E-state index contributed by atoms with van der Waals surface area (Å²) in [7, 11) is 0. The van der Waals surface area contributed by atoms with Crippen LogP contribution in [0.25, 0.3) is 0 Å². The van der Waals surface area contributed by atoms with E-state index in [0.717, 1.165) is 32.1 Å². The van der Waals surface area contributed by atoms with Crippen LogP contribution in [0.2, 0.25) is 0 Å². The topological polar surface area (TPSA) is 40.5 Å². The molecule has 0 aromatic rings. The van der Waals surface area contributed by atoms with Gasteiger partial charge in [0.05, 0.1) is 11.7 Å². The average molecular weight is 196 g/mol. The van der Waals surface area contributed by atoms with Crippen LogP contribution in [-0.2, 0) is 0 Å². The molecule has 0 aliphatic heterocycles. The molecule has 2 heteroatoms. The predicted octanol–water partition coefficient (Wildman–Crippen LogP) is 1.70. The Balaban J connectivity index is 2.15. The maximum Gasteiger partial charge on any atom is 0.0759 e. The Bertz CT molecular complexity index is 290. The van der Waals surface area contributed by atoms with Crippen LogP contribution < -0.4 is 0 Å². The van der Waals surface area contributed by atoms with Gasteiger partial charge < -0.3 is 10.2 Å². The molecule has 0 aromatic heterocycles. The highest BCUT2D eigenvalue weighted by molar-refractivity contribution is 5.21. The third kappa shape index (κ3) is 0.704. The first-order chi connectivity index (χ1) is 6.42. The Morgan fingerprint density at radius 3 is 2.57 bits per heavy atom. The zero-order valence-corrected chi connectivity index (χ0v) is 9.08. The summed E-state index contributed by atoms with van der Waals surface area (Å²) in [5.74, 6) is 0.448. The molecule has 2 nitrogen and oxygen atoms in total. The molecule has 3 aliphatic carbocycles. The minimum Gasteiger partial charge on any atom is -0.392 e. The van der Waals surface area contributed by atoms with Crippen molar-refractivity contribution < 1.29 is 10.2 Å². The van der Waals surface area contributed by atoms with Crippen LogP contribution in [-0.4, -0.2) is 21.9 Å². The quantitative estimate of drug-likeness (QED) is 0.619. The molecule has 0 saturated heterocycles. The van der Waals surface area contributed by atoms with E-state index >= 15 is 0 Å². The van der Waals surface area contributed by atoms with E-state index in [0.29, 0.717) is 5.92 Å². The summed E-state index contributed by atoms with van der Waals surface area (Å²) in [6.45, 7) is 4.34. The number of rotatable bonds is 0. The van der Waals surface area contributed by atoms with Gasteiger partial charge in [-0.2, -0.15) is 0 Å². The molecule has 0 radical (unpaired) electrons. The van der Waals surface area contributed by atoms with Crippen LogP contribution >= 0.6 is 0 Å². The number of aliphatic hydroxyl groups excluding tert-OH is 1. The lowest BCUT2D eigenvalue weighted by Crippen LogP contribution is -2.56. The lowest BCUT2D eigenvalue weighted by atomic mass is 9.60. The Morgan fingerprint density at radius 1 is 1.14 bits per heavy atom. The second kappa shape index (κ2) is 2.19. The summed E-state index contributed by atoms with van der Waals surface area (Å²) < 4.78 is 0. The van der Waals surface area contributed by atoms with Crippen LogP contribution in [0.15, 0.2) is 0 Å². The highest BCUT2D eigenvalue weighted by Crippen LogP contribution is 2.70. The van der Waals surface area contributed by atoms with E-state index in [9.17, 15) is 10.2 Å². The van der Waals surface area contributed by atoms with Crippen molar-refractivity contribution in [3.05, 3.63) is 0 Å². The molecule has 14 heavy (non-hydrogen) atoms. The fraction of sp³-hybridized carbons (Fsp3) is 1.00. The number of aliphatic hydroxyl groups is 2. The maximum atomic E-state index is 10.8. The van der Waals surface area contributed by atoms with Crippen molar-refractivity contribution in [2.24, 2.45) is 16.7 Å². The Morgan fingerprint density at radius 2 is 1.86 bits per heavy atom. The first-order valence-electron chi connectivity index (χ1n) is 5.83. The second-order valence-corrected chi connectivity index (χ2v) is 6.31. The molecular formula is C12H20O2. The van der Waals surface area contributed by atoms with Crippen molar-refractivity contribution in [3.8, 4) is 0 Å². The highest BCUT2D eigenvalue weighted by Gasteiger charge is 2.71. The molecule has 0 aromatic carbocycles. The summed E-state index contributed by atoms with van der Waals surface area (Å²) in [4.78, 5) is 0. The van der Waals surface area contributed by atoms with Crippen molar-refractivity contribution >= 4 is 0 Å². The van der Waals surface area contributed by atoms with Gasteiger partial charge in [0.25, 0.3) is 0 Å². The van der Waals surface area contributed by atoms with Crippen molar-refractivity contribution in [3.63, 3.8) is 0 Å².